The smallest absolute Gasteiger partial charge is 0.238 e. The number of carbonyl (C=O) groups is 1. The van der Waals surface area contributed by atoms with Crippen LogP contribution in [-0.4, -0.2) is 53.5 Å². The summed E-state index contributed by atoms with van der Waals surface area (Å²) in [4.78, 5) is 25.2. The van der Waals surface area contributed by atoms with Crippen LogP contribution in [0.2, 0.25) is 0 Å². The van der Waals surface area contributed by atoms with E-state index in [0.717, 1.165) is 37.4 Å². The maximum Gasteiger partial charge on any atom is 0.238 e. The van der Waals surface area contributed by atoms with Gasteiger partial charge in [-0.2, -0.15) is 0 Å². The maximum absolute atomic E-state index is 12.4. The van der Waals surface area contributed by atoms with Crippen LogP contribution in [0.1, 0.15) is 16.7 Å². The van der Waals surface area contributed by atoms with Crippen molar-refractivity contribution in [1.82, 2.24) is 14.9 Å². The molecule has 1 aromatic carbocycles. The Labute approximate surface area is 154 Å². The van der Waals surface area contributed by atoms with Gasteiger partial charge in [-0.3, -0.25) is 9.69 Å². The Balaban J connectivity index is 1.51. The number of hydrogen-bond donors (Lipinski definition) is 1. The van der Waals surface area contributed by atoms with Gasteiger partial charge < -0.3 is 10.2 Å². The molecule has 26 heavy (non-hydrogen) atoms. The number of nitrogens with one attached hydrogen (secondary N) is 1. The van der Waals surface area contributed by atoms with Crippen molar-refractivity contribution >= 4 is 17.5 Å². The third kappa shape index (κ3) is 4.19. The predicted molar refractivity (Wildman–Crippen MR) is 103 cm³/mol. The zero-order chi connectivity index (χ0) is 18.5. The summed E-state index contributed by atoms with van der Waals surface area (Å²) < 4.78 is 0. The molecule has 1 amide bonds. The fraction of sp³-hybridized carbons (Fsp3) is 0.350. The lowest BCUT2D eigenvalue weighted by Gasteiger charge is -2.34. The van der Waals surface area contributed by atoms with Gasteiger partial charge in [-0.1, -0.05) is 18.1 Å². The molecule has 1 aliphatic heterocycles. The van der Waals surface area contributed by atoms with Crippen LogP contribution in [0.4, 0.5) is 11.6 Å². The summed E-state index contributed by atoms with van der Waals surface area (Å²) in [5.41, 5.74) is 3.84. The van der Waals surface area contributed by atoms with Gasteiger partial charge in [-0.25, -0.2) is 9.97 Å². The van der Waals surface area contributed by atoms with E-state index in [1.54, 1.807) is 12.4 Å². The first kappa shape index (κ1) is 17.9. The molecule has 134 valence electrons. The van der Waals surface area contributed by atoms with E-state index in [0.29, 0.717) is 18.1 Å². The van der Waals surface area contributed by atoms with Crippen LogP contribution >= 0.6 is 0 Å². The molecular formula is C20H23N5O. The van der Waals surface area contributed by atoms with E-state index < -0.39 is 0 Å². The van der Waals surface area contributed by atoms with E-state index in [1.807, 2.05) is 32.0 Å². The number of piperazine rings is 1. The summed E-state index contributed by atoms with van der Waals surface area (Å²) in [6.45, 7) is 7.61. The average Bonchev–Trinajstić information content (AvgIpc) is 2.66. The van der Waals surface area contributed by atoms with Crippen molar-refractivity contribution in [3.63, 3.8) is 0 Å². The number of rotatable bonds is 4. The van der Waals surface area contributed by atoms with Crippen molar-refractivity contribution in [2.75, 3.05) is 42.9 Å². The number of carbonyl (C=O) groups excluding carboxylic acids is 1. The van der Waals surface area contributed by atoms with Crippen LogP contribution in [0.25, 0.3) is 0 Å². The number of nitrogens with zero attached hydrogens (tertiary/aromatic N) is 4. The second-order valence-electron chi connectivity index (χ2n) is 6.47. The highest BCUT2D eigenvalue weighted by atomic mass is 16.2. The molecule has 0 spiro atoms. The number of anilines is 2. The van der Waals surface area contributed by atoms with Gasteiger partial charge in [-0.15, -0.1) is 6.42 Å². The van der Waals surface area contributed by atoms with Crippen LogP contribution in [-0.2, 0) is 4.79 Å². The molecule has 0 saturated carbocycles. The van der Waals surface area contributed by atoms with Crippen LogP contribution in [0.3, 0.4) is 0 Å². The molecule has 1 fully saturated rings. The number of benzene rings is 1. The Morgan fingerprint density at radius 1 is 1.19 bits per heavy atom. The minimum absolute atomic E-state index is 0.0155. The Morgan fingerprint density at radius 2 is 1.88 bits per heavy atom. The van der Waals surface area contributed by atoms with Crippen molar-refractivity contribution in [3.8, 4) is 12.3 Å². The summed E-state index contributed by atoms with van der Waals surface area (Å²) >= 11 is 0. The maximum atomic E-state index is 12.4. The highest BCUT2D eigenvalue weighted by Gasteiger charge is 2.20. The largest absolute Gasteiger partial charge is 0.338 e. The standard InChI is InChI=1S/C20H23N5O/c1-4-17-12-21-20(22-13-17)25-10-8-24(9-11-25)14-19(26)23-18-7-5-6-15(2)16(18)3/h1,5-7,12-13H,8-11,14H2,2-3H3,(H,23,26). The van der Waals surface area contributed by atoms with Gasteiger partial charge >= 0.3 is 0 Å². The normalized spacial score (nSPS) is 14.7. The molecule has 3 rings (SSSR count). The van der Waals surface area contributed by atoms with E-state index >= 15 is 0 Å². The zero-order valence-electron chi connectivity index (χ0n) is 15.2. The van der Waals surface area contributed by atoms with Gasteiger partial charge in [0, 0.05) is 44.3 Å². The highest BCUT2D eigenvalue weighted by Crippen LogP contribution is 2.18. The van der Waals surface area contributed by atoms with Crippen molar-refractivity contribution in [1.29, 1.82) is 0 Å². The molecule has 1 N–H and O–H groups in total. The van der Waals surface area contributed by atoms with E-state index in [4.69, 9.17) is 6.42 Å². The predicted octanol–water partition coefficient (Wildman–Crippen LogP) is 1.84. The molecule has 1 aliphatic rings. The third-order valence-corrected chi connectivity index (χ3v) is 4.71. The van der Waals surface area contributed by atoms with Gasteiger partial charge in [0.2, 0.25) is 11.9 Å². The summed E-state index contributed by atoms with van der Waals surface area (Å²) in [5, 5.41) is 3.02. The molecule has 6 heteroatoms. The molecule has 0 unspecified atom stereocenters. The molecule has 0 aliphatic carbocycles. The summed E-state index contributed by atoms with van der Waals surface area (Å²) in [7, 11) is 0. The Morgan fingerprint density at radius 3 is 2.54 bits per heavy atom. The Bertz CT molecular complexity index is 817. The number of amides is 1. The first-order valence-electron chi connectivity index (χ1n) is 8.69. The van der Waals surface area contributed by atoms with Gasteiger partial charge in [-0.05, 0) is 31.0 Å². The molecule has 0 radical (unpaired) electrons. The van der Waals surface area contributed by atoms with Crippen LogP contribution in [0, 0.1) is 26.2 Å². The molecule has 0 bridgehead atoms. The SMILES string of the molecule is C#Cc1cnc(N2CCN(CC(=O)Nc3cccc(C)c3C)CC2)nc1. The lowest BCUT2D eigenvalue weighted by atomic mass is 10.1. The molecule has 2 heterocycles. The molecular weight excluding hydrogens is 326 g/mol. The van der Waals surface area contributed by atoms with Crippen molar-refractivity contribution in [3.05, 3.63) is 47.3 Å². The van der Waals surface area contributed by atoms with Gasteiger partial charge in [0.05, 0.1) is 12.1 Å². The number of aromatic nitrogens is 2. The van der Waals surface area contributed by atoms with Gasteiger partial charge in [0.25, 0.3) is 0 Å². The van der Waals surface area contributed by atoms with E-state index in [1.165, 1.54) is 5.56 Å². The van der Waals surface area contributed by atoms with Crippen LogP contribution < -0.4 is 10.2 Å². The quantitative estimate of drug-likeness (QED) is 0.854. The minimum atomic E-state index is 0.0155. The summed E-state index contributed by atoms with van der Waals surface area (Å²) in [5.74, 6) is 3.22. The topological polar surface area (TPSA) is 61.4 Å². The number of aryl methyl sites for hydroxylation is 1. The fourth-order valence-corrected chi connectivity index (χ4v) is 2.94. The summed E-state index contributed by atoms with van der Waals surface area (Å²) in [6.07, 6.45) is 8.65. The van der Waals surface area contributed by atoms with Gasteiger partial charge in [0.15, 0.2) is 0 Å². The first-order chi connectivity index (χ1) is 12.6. The Hall–Kier alpha value is -2.91. The third-order valence-electron chi connectivity index (χ3n) is 4.71. The van der Waals surface area contributed by atoms with Crippen LogP contribution in [0.15, 0.2) is 30.6 Å². The second-order valence-corrected chi connectivity index (χ2v) is 6.47. The molecule has 2 aromatic rings. The van der Waals surface area contributed by atoms with E-state index in [9.17, 15) is 4.79 Å². The molecule has 1 aromatic heterocycles. The molecule has 0 atom stereocenters. The zero-order valence-corrected chi connectivity index (χ0v) is 15.2. The monoisotopic (exact) mass is 349 g/mol. The van der Waals surface area contributed by atoms with Crippen molar-refractivity contribution in [2.24, 2.45) is 0 Å². The first-order valence-corrected chi connectivity index (χ1v) is 8.69. The average molecular weight is 349 g/mol. The lowest BCUT2D eigenvalue weighted by molar-refractivity contribution is -0.117. The minimum Gasteiger partial charge on any atom is -0.338 e. The van der Waals surface area contributed by atoms with E-state index in [2.05, 4.69) is 31.0 Å². The molecule has 6 nitrogen and oxygen atoms in total. The van der Waals surface area contributed by atoms with Crippen molar-refractivity contribution < 1.29 is 4.79 Å². The van der Waals surface area contributed by atoms with Crippen molar-refractivity contribution in [2.45, 2.75) is 13.8 Å². The number of hydrogen-bond acceptors (Lipinski definition) is 5. The highest BCUT2D eigenvalue weighted by molar-refractivity contribution is 5.93. The summed E-state index contributed by atoms with van der Waals surface area (Å²) in [6, 6.07) is 5.94. The molecule has 1 saturated heterocycles. The fourth-order valence-electron chi connectivity index (χ4n) is 2.94. The number of terminal acetylenes is 1. The van der Waals surface area contributed by atoms with E-state index in [-0.39, 0.29) is 5.91 Å². The Kier molecular flexibility index (Phi) is 5.49. The lowest BCUT2D eigenvalue weighted by Crippen LogP contribution is -2.49. The second kappa shape index (κ2) is 7.98. The van der Waals surface area contributed by atoms with Crippen LogP contribution in [0.5, 0.6) is 0 Å². The van der Waals surface area contributed by atoms with Gasteiger partial charge in [0.1, 0.15) is 0 Å².